The van der Waals surface area contributed by atoms with E-state index >= 15 is 16.8 Å². The zero-order chi connectivity index (χ0) is 51.8. The number of ether oxygens (including phenoxy) is 2. The van der Waals surface area contributed by atoms with E-state index in [0.29, 0.717) is 48.5 Å². The Morgan fingerprint density at radius 2 is 1.45 bits per heavy atom. The van der Waals surface area contributed by atoms with Crippen molar-refractivity contribution in [3.05, 3.63) is 114 Å². The largest absolute Gasteiger partial charge is 0.497 e. The highest BCUT2D eigenvalue weighted by Gasteiger charge is 2.42. The van der Waals surface area contributed by atoms with Crippen LogP contribution in [-0.2, 0) is 48.8 Å². The van der Waals surface area contributed by atoms with Crippen LogP contribution in [0.2, 0.25) is 18.1 Å². The first-order valence-electron chi connectivity index (χ1n) is 23.8. The molecule has 0 spiro atoms. The monoisotopic (exact) mass is 1030 g/mol. The number of piperidine rings is 1. The maximum absolute atomic E-state index is 16.1. The molecule has 0 saturated carbocycles. The van der Waals surface area contributed by atoms with Gasteiger partial charge in [-0.25, -0.2) is 26.4 Å². The highest BCUT2D eigenvalue weighted by molar-refractivity contribution is 7.92. The lowest BCUT2D eigenvalue weighted by Crippen LogP contribution is -2.51. The third-order valence-corrected chi connectivity index (χ3v) is 20.9. The normalized spacial score (nSPS) is 15.1. The van der Waals surface area contributed by atoms with Gasteiger partial charge in [0.05, 0.1) is 31.9 Å². The molecule has 4 aromatic carbocycles. The van der Waals surface area contributed by atoms with Gasteiger partial charge >= 0.3 is 6.09 Å². The SMILES string of the molecule is COc1ccc(Cn2nnc(-c3c(N4CCC(C(N)CO)CC4)ccc(S(=O)(=O)NC[C@@H](CNC(=O)OC(C)(C)C)O[Si](C)(C)C(C)(C)C)c3S(=O)(=O)N(Cc3ccccc3)Cc3ccccc3)n2)cc1. The topological polar surface area (TPSA) is 233 Å². The number of benzene rings is 4. The number of methoxy groups -OCH3 is 1. The second kappa shape index (κ2) is 23.1. The van der Waals surface area contributed by atoms with Gasteiger partial charge in [-0.15, -0.1) is 10.2 Å². The van der Waals surface area contributed by atoms with Crippen LogP contribution in [-0.4, -0.2) is 119 Å². The van der Waals surface area contributed by atoms with Crippen LogP contribution >= 0.6 is 0 Å². The lowest BCUT2D eigenvalue weighted by atomic mass is 9.90. The molecule has 1 unspecified atom stereocenters. The number of aliphatic hydroxyl groups excluding tert-OH is 1. The number of aromatic nitrogens is 4. The van der Waals surface area contributed by atoms with Gasteiger partial charge in [0.2, 0.25) is 25.9 Å². The van der Waals surface area contributed by atoms with Gasteiger partial charge < -0.3 is 35.0 Å². The molecule has 71 heavy (non-hydrogen) atoms. The summed E-state index contributed by atoms with van der Waals surface area (Å²) in [4.78, 5) is 15.2. The molecule has 2 atom stereocenters. The first-order chi connectivity index (χ1) is 33.4. The fourth-order valence-electron chi connectivity index (χ4n) is 7.99. The van der Waals surface area contributed by atoms with Gasteiger partial charge in [-0.1, -0.05) is 93.6 Å². The van der Waals surface area contributed by atoms with Crippen molar-refractivity contribution in [1.82, 2.24) is 34.6 Å². The van der Waals surface area contributed by atoms with Crippen molar-refractivity contribution in [2.45, 2.75) is 120 Å². The van der Waals surface area contributed by atoms with E-state index in [4.69, 9.17) is 24.7 Å². The number of nitrogens with one attached hydrogen (secondary N) is 2. The fraction of sp³-hybridized carbons (Fsp3) is 0.480. The van der Waals surface area contributed by atoms with Crippen molar-refractivity contribution in [2.75, 3.05) is 44.8 Å². The Morgan fingerprint density at radius 3 is 1.99 bits per heavy atom. The maximum Gasteiger partial charge on any atom is 0.407 e. The van der Waals surface area contributed by atoms with Gasteiger partial charge in [-0.05, 0) is 104 Å². The Morgan fingerprint density at radius 1 is 0.859 bits per heavy atom. The number of nitrogens with two attached hydrogens (primary N) is 1. The van der Waals surface area contributed by atoms with E-state index in [-0.39, 0.29) is 61.7 Å². The molecule has 5 N–H and O–H groups in total. The van der Waals surface area contributed by atoms with Gasteiger partial charge in [-0.3, -0.25) is 0 Å². The number of alkyl carbamates (subject to hydrolysis) is 1. The summed E-state index contributed by atoms with van der Waals surface area (Å²) >= 11 is 0. The molecule has 2 heterocycles. The lowest BCUT2D eigenvalue weighted by Gasteiger charge is -2.39. The maximum atomic E-state index is 16.1. The van der Waals surface area contributed by atoms with Crippen LogP contribution in [0.15, 0.2) is 107 Å². The molecule has 1 aromatic heterocycles. The molecule has 0 aliphatic carbocycles. The summed E-state index contributed by atoms with van der Waals surface area (Å²) in [6.07, 6.45) is -0.451. The van der Waals surface area contributed by atoms with E-state index in [2.05, 4.69) is 20.4 Å². The van der Waals surface area contributed by atoms with Gasteiger partial charge in [0, 0.05) is 51.0 Å². The first-order valence-corrected chi connectivity index (χ1v) is 29.7. The highest BCUT2D eigenvalue weighted by atomic mass is 32.2. The van der Waals surface area contributed by atoms with Crippen LogP contribution in [0.5, 0.6) is 5.75 Å². The van der Waals surface area contributed by atoms with Crippen molar-refractivity contribution in [2.24, 2.45) is 11.7 Å². The second-order valence-electron chi connectivity index (χ2n) is 20.4. The van der Waals surface area contributed by atoms with Crippen molar-refractivity contribution in [3.63, 3.8) is 0 Å². The number of aliphatic hydroxyl groups is 1. The molecule has 5 aromatic rings. The Kier molecular flexibility index (Phi) is 17.9. The fourth-order valence-corrected chi connectivity index (χ4v) is 12.8. The molecule has 18 nitrogen and oxygen atoms in total. The van der Waals surface area contributed by atoms with Gasteiger partial charge in [0.1, 0.15) is 21.1 Å². The predicted molar refractivity (Wildman–Crippen MR) is 276 cm³/mol. The number of hydrogen-bond donors (Lipinski definition) is 4. The van der Waals surface area contributed by atoms with E-state index in [0.717, 1.165) is 5.56 Å². The zero-order valence-corrected chi connectivity index (χ0v) is 45.0. The molecule has 0 radical (unpaired) electrons. The highest BCUT2D eigenvalue weighted by Crippen LogP contribution is 2.43. The average molecular weight is 1030 g/mol. The second-order valence-corrected chi connectivity index (χ2v) is 28.8. The van der Waals surface area contributed by atoms with Gasteiger partial charge in [0.15, 0.2) is 8.32 Å². The van der Waals surface area contributed by atoms with Gasteiger partial charge in [-0.2, -0.15) is 9.10 Å². The molecular formula is C50H71N9O9S2Si. The molecule has 21 heteroatoms. The molecule has 1 saturated heterocycles. The van der Waals surface area contributed by atoms with Gasteiger partial charge in [0.25, 0.3) is 0 Å². The van der Waals surface area contributed by atoms with Crippen molar-refractivity contribution < 1.29 is 40.6 Å². The van der Waals surface area contributed by atoms with E-state index < -0.39 is 62.0 Å². The predicted octanol–water partition coefficient (Wildman–Crippen LogP) is 6.52. The van der Waals surface area contributed by atoms with Crippen molar-refractivity contribution in [3.8, 4) is 17.1 Å². The third kappa shape index (κ3) is 14.5. The van der Waals surface area contributed by atoms with E-state index in [9.17, 15) is 9.90 Å². The molecule has 386 valence electrons. The molecule has 1 amide bonds. The van der Waals surface area contributed by atoms with Crippen molar-refractivity contribution in [1.29, 1.82) is 0 Å². The van der Waals surface area contributed by atoms with Crippen LogP contribution in [0.3, 0.4) is 0 Å². The number of carbonyl (C=O) groups excluding carboxylic acids is 1. The average Bonchev–Trinajstić information content (AvgIpc) is 3.79. The molecule has 1 aliphatic heterocycles. The number of nitrogens with zero attached hydrogens (tertiary/aromatic N) is 6. The summed E-state index contributed by atoms with van der Waals surface area (Å²) in [6.45, 7) is 15.5. The number of anilines is 1. The summed E-state index contributed by atoms with van der Waals surface area (Å²) in [5, 5.41) is 26.0. The Hall–Kier alpha value is -5.26. The number of amides is 1. The number of hydrogen-bond acceptors (Lipinski definition) is 14. The third-order valence-electron chi connectivity index (χ3n) is 12.9. The van der Waals surface area contributed by atoms with Crippen LogP contribution in [0.1, 0.15) is 71.1 Å². The van der Waals surface area contributed by atoms with E-state index in [1.54, 1.807) is 46.1 Å². The molecule has 6 rings (SSSR count). The number of tetrazole rings is 1. The minimum absolute atomic E-state index is 0.00576. The van der Waals surface area contributed by atoms with Crippen LogP contribution in [0.4, 0.5) is 10.5 Å². The number of sulfonamides is 2. The zero-order valence-electron chi connectivity index (χ0n) is 42.3. The minimum Gasteiger partial charge on any atom is -0.497 e. The minimum atomic E-state index is -4.86. The molecular weight excluding hydrogens is 963 g/mol. The summed E-state index contributed by atoms with van der Waals surface area (Å²) in [5.41, 5.74) is 7.98. The smallest absolute Gasteiger partial charge is 0.407 e. The van der Waals surface area contributed by atoms with Crippen molar-refractivity contribution >= 4 is 40.1 Å². The van der Waals surface area contributed by atoms with E-state index in [1.807, 2.05) is 112 Å². The number of carbonyl (C=O) groups is 1. The first kappa shape index (κ1) is 55.1. The summed E-state index contributed by atoms with van der Waals surface area (Å²) in [6, 6.07) is 27.9. The number of rotatable bonds is 21. The Bertz CT molecular complexity index is 2720. The Balaban J connectivity index is 1.55. The summed E-state index contributed by atoms with van der Waals surface area (Å²) in [7, 11) is -10.7. The van der Waals surface area contributed by atoms with E-state index in [1.165, 1.54) is 15.2 Å². The van der Waals surface area contributed by atoms with Crippen LogP contribution < -0.4 is 25.4 Å². The van der Waals surface area contributed by atoms with Crippen LogP contribution in [0, 0.1) is 5.92 Å². The quantitative estimate of drug-likeness (QED) is 0.0574. The van der Waals surface area contributed by atoms with Crippen LogP contribution in [0.25, 0.3) is 11.4 Å². The lowest BCUT2D eigenvalue weighted by molar-refractivity contribution is 0.0498. The summed E-state index contributed by atoms with van der Waals surface area (Å²) < 4.78 is 84.3. The molecule has 1 fully saturated rings. The standard InChI is InChI=1S/C50H71N9O9S2Si/c1-49(2,3)67-48(61)52-30-41(68-71(8,9)50(4,5)6)31-53-69(62,63)44-25-24-43(57-28-26-39(27-29-57)42(51)35-60)45(47-54-56-59(55-47)34-38-20-22-40(66-7)23-21-38)46(44)70(64,65)58(32-36-16-12-10-13-17-36)33-37-18-14-11-15-19-37/h10-25,39,41-42,53,60H,26-35,51H2,1-9H3,(H,52,61)/t41-,42?/m1/s1. The molecule has 0 bridgehead atoms. The molecule has 1 aliphatic rings. The summed E-state index contributed by atoms with van der Waals surface area (Å²) in [5.74, 6) is 0.538. The Labute approximate surface area is 420 Å².